The highest BCUT2D eigenvalue weighted by atomic mass is 79.9. The number of halogens is 2. The first-order valence-corrected chi connectivity index (χ1v) is 13.6. The first-order chi connectivity index (χ1) is 17.6. The predicted molar refractivity (Wildman–Crippen MR) is 150 cm³/mol. The van der Waals surface area contributed by atoms with Crippen LogP contribution in [0.3, 0.4) is 0 Å². The average Bonchev–Trinajstić information content (AvgIpc) is 3.37. The lowest BCUT2D eigenvalue weighted by atomic mass is 9.88. The van der Waals surface area contributed by atoms with E-state index < -0.39 is 11.5 Å². The summed E-state index contributed by atoms with van der Waals surface area (Å²) < 4.78 is 13.2. The van der Waals surface area contributed by atoms with E-state index in [1.54, 1.807) is 31.4 Å². The van der Waals surface area contributed by atoms with Crippen molar-refractivity contribution >= 4 is 43.6 Å². The van der Waals surface area contributed by atoms with Gasteiger partial charge in [0.25, 0.3) is 0 Å². The maximum Gasteiger partial charge on any atom is 0.328 e. The van der Waals surface area contributed by atoms with E-state index in [2.05, 4.69) is 37.2 Å². The second kappa shape index (κ2) is 11.0. The van der Waals surface area contributed by atoms with Gasteiger partial charge in [-0.3, -0.25) is 10.1 Å². The third kappa shape index (κ3) is 5.33. The van der Waals surface area contributed by atoms with Crippen molar-refractivity contribution in [3.05, 3.63) is 85.3 Å². The summed E-state index contributed by atoms with van der Waals surface area (Å²) in [5.74, 6) is 0.468. The smallest absolute Gasteiger partial charge is 0.328 e. The van der Waals surface area contributed by atoms with Gasteiger partial charge in [-0.05, 0) is 100.0 Å². The minimum Gasteiger partial charge on any atom is -0.496 e. The Kier molecular flexibility index (Phi) is 8.11. The number of benzene rings is 3. The number of carbonyl (C=O) groups excluding carboxylic acids is 1. The largest absolute Gasteiger partial charge is 0.496 e. The topological polar surface area (TPSA) is 84.9 Å². The highest BCUT2D eigenvalue weighted by Gasteiger charge is 2.43. The summed E-state index contributed by atoms with van der Waals surface area (Å²) in [7, 11) is 1.59. The Hall–Kier alpha value is -2.68. The van der Waals surface area contributed by atoms with Crippen LogP contribution in [0.25, 0.3) is 0 Å². The molecule has 0 bridgehead atoms. The molecule has 0 amide bonds. The minimum absolute atomic E-state index is 0.124. The normalized spacial score (nSPS) is 17.2. The molecule has 0 unspecified atom stereocenters. The first kappa shape index (κ1) is 27.4. The summed E-state index contributed by atoms with van der Waals surface area (Å²) >= 11 is 7.16. The molecule has 1 saturated heterocycles. The SMILES string of the molecule is COc1cc(C(=O)c2cccc(C)c2)c(Oc2c(Br)cc([C@@]3(C(=O)O)CCCN3)cc2Br)cc1C(C)C. The van der Waals surface area contributed by atoms with Crippen molar-refractivity contribution in [2.45, 2.75) is 45.1 Å². The van der Waals surface area contributed by atoms with Crippen LogP contribution in [0.2, 0.25) is 0 Å². The molecule has 1 fully saturated rings. The fraction of sp³-hybridized carbons (Fsp3) is 0.310. The molecule has 1 heterocycles. The Morgan fingerprint density at radius 1 is 1.05 bits per heavy atom. The summed E-state index contributed by atoms with van der Waals surface area (Å²) in [6.07, 6.45) is 1.26. The predicted octanol–water partition coefficient (Wildman–Crippen LogP) is 7.34. The van der Waals surface area contributed by atoms with E-state index in [0.717, 1.165) is 17.5 Å². The van der Waals surface area contributed by atoms with Crippen molar-refractivity contribution in [1.82, 2.24) is 5.32 Å². The van der Waals surface area contributed by atoms with Crippen LogP contribution in [0.1, 0.15) is 65.2 Å². The minimum atomic E-state index is -1.15. The van der Waals surface area contributed by atoms with Crippen LogP contribution in [-0.2, 0) is 10.3 Å². The van der Waals surface area contributed by atoms with Crippen LogP contribution in [0.5, 0.6) is 17.2 Å². The van der Waals surface area contributed by atoms with Crippen LogP contribution in [-0.4, -0.2) is 30.5 Å². The third-order valence-corrected chi connectivity index (χ3v) is 7.88. The second-order valence-corrected chi connectivity index (χ2v) is 11.3. The molecule has 3 aromatic rings. The van der Waals surface area contributed by atoms with Gasteiger partial charge in [0.1, 0.15) is 17.0 Å². The number of aliphatic carboxylic acids is 1. The molecule has 4 rings (SSSR count). The maximum atomic E-state index is 13.6. The number of hydrogen-bond donors (Lipinski definition) is 2. The molecule has 3 aromatic carbocycles. The molecule has 1 aliphatic heterocycles. The molecule has 8 heteroatoms. The van der Waals surface area contributed by atoms with Crippen LogP contribution in [0, 0.1) is 6.92 Å². The number of aryl methyl sites for hydroxylation is 1. The summed E-state index contributed by atoms with van der Waals surface area (Å²) in [5, 5.41) is 13.1. The molecular formula is C29H29Br2NO5. The first-order valence-electron chi connectivity index (χ1n) is 12.1. The maximum absolute atomic E-state index is 13.6. The van der Waals surface area contributed by atoms with Crippen LogP contribution >= 0.6 is 31.9 Å². The van der Waals surface area contributed by atoms with Crippen molar-refractivity contribution in [2.75, 3.05) is 13.7 Å². The zero-order valence-electron chi connectivity index (χ0n) is 21.2. The van der Waals surface area contributed by atoms with E-state index in [4.69, 9.17) is 9.47 Å². The Balaban J connectivity index is 1.83. The highest BCUT2D eigenvalue weighted by Crippen LogP contribution is 2.44. The number of methoxy groups -OCH3 is 1. The number of ketones is 1. The molecule has 0 saturated carbocycles. The van der Waals surface area contributed by atoms with Gasteiger partial charge >= 0.3 is 5.97 Å². The average molecular weight is 631 g/mol. The number of carboxylic acid groups (broad SMARTS) is 1. The van der Waals surface area contributed by atoms with E-state index in [0.29, 0.717) is 55.8 Å². The molecule has 2 N–H and O–H groups in total. The molecule has 6 nitrogen and oxygen atoms in total. The van der Waals surface area contributed by atoms with Gasteiger partial charge in [-0.15, -0.1) is 0 Å². The van der Waals surface area contributed by atoms with Gasteiger partial charge < -0.3 is 14.6 Å². The monoisotopic (exact) mass is 629 g/mol. The number of rotatable bonds is 8. The molecular weight excluding hydrogens is 602 g/mol. The second-order valence-electron chi connectivity index (χ2n) is 9.56. The molecule has 0 spiro atoms. The van der Waals surface area contributed by atoms with Crippen LogP contribution in [0.15, 0.2) is 57.5 Å². The van der Waals surface area contributed by atoms with Crippen LogP contribution in [0.4, 0.5) is 0 Å². The van der Waals surface area contributed by atoms with Gasteiger partial charge in [0.2, 0.25) is 0 Å². The fourth-order valence-electron chi connectivity index (χ4n) is 4.72. The molecule has 0 aromatic heterocycles. The zero-order chi connectivity index (χ0) is 26.9. The Labute approximate surface area is 233 Å². The molecule has 1 aliphatic rings. The number of ether oxygens (including phenoxy) is 2. The van der Waals surface area contributed by atoms with Crippen molar-refractivity contribution in [3.8, 4) is 17.2 Å². The molecule has 1 atom stereocenters. The van der Waals surface area contributed by atoms with E-state index in [-0.39, 0.29) is 11.7 Å². The van der Waals surface area contributed by atoms with Gasteiger partial charge in [-0.25, -0.2) is 4.79 Å². The van der Waals surface area contributed by atoms with Crippen molar-refractivity contribution < 1.29 is 24.2 Å². The van der Waals surface area contributed by atoms with Gasteiger partial charge in [-0.1, -0.05) is 37.6 Å². The van der Waals surface area contributed by atoms with E-state index in [1.807, 2.05) is 45.0 Å². The Morgan fingerprint density at radius 2 is 1.76 bits per heavy atom. The summed E-state index contributed by atoms with van der Waals surface area (Å²) in [6, 6.07) is 14.5. The van der Waals surface area contributed by atoms with Gasteiger partial charge in [0, 0.05) is 11.1 Å². The Bertz CT molecular complexity index is 1340. The third-order valence-electron chi connectivity index (χ3n) is 6.70. The van der Waals surface area contributed by atoms with Crippen molar-refractivity contribution in [3.63, 3.8) is 0 Å². The van der Waals surface area contributed by atoms with Gasteiger partial charge in [0.15, 0.2) is 11.5 Å². The molecule has 194 valence electrons. The van der Waals surface area contributed by atoms with E-state index >= 15 is 0 Å². The molecule has 0 aliphatic carbocycles. The standard InChI is InChI=1S/C29H29Br2NO5/c1-16(2)20-14-25(21(15-24(20)36-4)26(33)18-8-5-7-17(3)11-18)37-27-22(30)12-19(13-23(27)31)29(28(34)35)9-6-10-32-29/h5,7-8,11-16,32H,6,9-10H2,1-4H3,(H,34,35)/t29-/m1/s1. The molecule has 37 heavy (non-hydrogen) atoms. The highest BCUT2D eigenvalue weighted by molar-refractivity contribution is 9.11. The van der Waals surface area contributed by atoms with Crippen molar-refractivity contribution in [2.24, 2.45) is 0 Å². The lowest BCUT2D eigenvalue weighted by molar-refractivity contribution is -0.144. The zero-order valence-corrected chi connectivity index (χ0v) is 24.3. The lowest BCUT2D eigenvalue weighted by Gasteiger charge is -2.26. The molecule has 0 radical (unpaired) electrons. The number of carbonyl (C=O) groups is 2. The van der Waals surface area contributed by atoms with E-state index in [1.165, 1.54) is 0 Å². The van der Waals surface area contributed by atoms with Gasteiger partial charge in [0.05, 0.1) is 21.6 Å². The summed E-state index contributed by atoms with van der Waals surface area (Å²) in [6.45, 7) is 6.66. The number of hydrogen-bond acceptors (Lipinski definition) is 5. The summed E-state index contributed by atoms with van der Waals surface area (Å²) in [4.78, 5) is 25.8. The van der Waals surface area contributed by atoms with Crippen molar-refractivity contribution in [1.29, 1.82) is 0 Å². The fourth-order valence-corrected chi connectivity index (χ4v) is 6.07. The summed E-state index contributed by atoms with van der Waals surface area (Å²) in [5.41, 5.74) is 2.27. The van der Waals surface area contributed by atoms with E-state index in [9.17, 15) is 14.7 Å². The van der Waals surface area contributed by atoms with Crippen LogP contribution < -0.4 is 14.8 Å². The lowest BCUT2D eigenvalue weighted by Crippen LogP contribution is -2.44. The number of nitrogens with one attached hydrogen (secondary N) is 1. The quantitative estimate of drug-likeness (QED) is 0.253. The number of carboxylic acids is 1. The Morgan fingerprint density at radius 3 is 2.30 bits per heavy atom. The van der Waals surface area contributed by atoms with Gasteiger partial charge in [-0.2, -0.15) is 0 Å².